The Morgan fingerprint density at radius 3 is 2.73 bits per heavy atom. The van der Waals surface area contributed by atoms with Gasteiger partial charge in [0.1, 0.15) is 5.69 Å². The molecule has 0 aliphatic rings. The van der Waals surface area contributed by atoms with Crippen molar-refractivity contribution in [3.05, 3.63) is 18.1 Å². The van der Waals surface area contributed by atoms with Crippen LogP contribution in [0.1, 0.15) is 10.5 Å². The van der Waals surface area contributed by atoms with E-state index in [1.165, 1.54) is 11.7 Å². The number of aromatic nitrogens is 5. The molecule has 0 atom stereocenters. The van der Waals surface area contributed by atoms with Crippen LogP contribution in [0.25, 0.3) is 11.3 Å². The second kappa shape index (κ2) is 3.19. The maximum Gasteiger partial charge on any atom is 0.356 e. The van der Waals surface area contributed by atoms with E-state index >= 15 is 0 Å². The molecule has 78 valence electrons. The number of carboxylic acids is 1. The van der Waals surface area contributed by atoms with Crippen molar-refractivity contribution in [2.75, 3.05) is 0 Å². The topological polar surface area (TPSA) is 85.8 Å². The number of rotatable bonds is 2. The molecular weight excluding hydrogens is 198 g/mol. The quantitative estimate of drug-likeness (QED) is 0.744. The summed E-state index contributed by atoms with van der Waals surface area (Å²) < 4.78 is 2.81. The van der Waals surface area contributed by atoms with Crippen molar-refractivity contribution in [1.29, 1.82) is 0 Å². The molecular formula is C8H9N5O2. The molecule has 2 aromatic rings. The van der Waals surface area contributed by atoms with Gasteiger partial charge in [0.05, 0.1) is 6.20 Å². The Morgan fingerprint density at radius 2 is 2.20 bits per heavy atom. The molecule has 2 aromatic heterocycles. The summed E-state index contributed by atoms with van der Waals surface area (Å²) in [5.74, 6) is -1.05. The molecule has 0 saturated heterocycles. The van der Waals surface area contributed by atoms with Crippen LogP contribution in [0.2, 0.25) is 0 Å². The summed E-state index contributed by atoms with van der Waals surface area (Å²) in [7, 11) is 3.29. The fraction of sp³-hybridized carbons (Fsp3) is 0.250. The summed E-state index contributed by atoms with van der Waals surface area (Å²) >= 11 is 0. The number of aromatic carboxylic acids is 1. The van der Waals surface area contributed by atoms with Gasteiger partial charge in [0.2, 0.25) is 0 Å². The van der Waals surface area contributed by atoms with Crippen LogP contribution in [0.4, 0.5) is 0 Å². The van der Waals surface area contributed by atoms with Crippen LogP contribution in [0.5, 0.6) is 0 Å². The normalized spacial score (nSPS) is 10.5. The maximum atomic E-state index is 11.0. The van der Waals surface area contributed by atoms with Gasteiger partial charge in [-0.05, 0) is 0 Å². The molecule has 0 bridgehead atoms. The maximum absolute atomic E-state index is 11.0. The first-order valence-corrected chi connectivity index (χ1v) is 4.21. The van der Waals surface area contributed by atoms with Crippen molar-refractivity contribution >= 4 is 5.97 Å². The zero-order valence-corrected chi connectivity index (χ0v) is 8.25. The van der Waals surface area contributed by atoms with Gasteiger partial charge in [0, 0.05) is 25.9 Å². The number of hydrogen-bond donors (Lipinski definition) is 1. The van der Waals surface area contributed by atoms with Crippen LogP contribution < -0.4 is 0 Å². The van der Waals surface area contributed by atoms with Gasteiger partial charge in [0.25, 0.3) is 0 Å². The van der Waals surface area contributed by atoms with E-state index in [9.17, 15) is 4.79 Å². The Balaban J connectivity index is 2.58. The Hall–Kier alpha value is -2.18. The first-order valence-electron chi connectivity index (χ1n) is 4.21. The van der Waals surface area contributed by atoms with E-state index in [0.29, 0.717) is 11.3 Å². The largest absolute Gasteiger partial charge is 0.476 e. The Labute approximate surface area is 84.9 Å². The minimum atomic E-state index is -1.05. The van der Waals surface area contributed by atoms with Crippen LogP contribution in [0.3, 0.4) is 0 Å². The van der Waals surface area contributed by atoms with E-state index in [0.717, 1.165) is 0 Å². The molecule has 15 heavy (non-hydrogen) atoms. The lowest BCUT2D eigenvalue weighted by Gasteiger charge is -1.95. The Kier molecular flexibility index (Phi) is 2.00. The van der Waals surface area contributed by atoms with Crippen LogP contribution in [-0.4, -0.2) is 35.9 Å². The van der Waals surface area contributed by atoms with Crippen LogP contribution in [-0.2, 0) is 14.1 Å². The second-order valence-electron chi connectivity index (χ2n) is 3.12. The first kappa shape index (κ1) is 9.38. The number of nitrogens with zero attached hydrogens (tertiary/aromatic N) is 5. The minimum Gasteiger partial charge on any atom is -0.476 e. The fourth-order valence-electron chi connectivity index (χ4n) is 1.33. The van der Waals surface area contributed by atoms with Crippen LogP contribution in [0, 0.1) is 0 Å². The van der Waals surface area contributed by atoms with Crippen LogP contribution >= 0.6 is 0 Å². The molecule has 2 rings (SSSR count). The third kappa shape index (κ3) is 1.47. The third-order valence-corrected chi connectivity index (χ3v) is 2.01. The average molecular weight is 207 g/mol. The SMILES string of the molecule is Cn1cc(-c2nnn(C)c2C(=O)O)cn1. The van der Waals surface area contributed by atoms with E-state index in [4.69, 9.17) is 5.11 Å². The molecule has 0 aliphatic carbocycles. The number of hydrogen-bond acceptors (Lipinski definition) is 4. The summed E-state index contributed by atoms with van der Waals surface area (Å²) in [4.78, 5) is 11.0. The highest BCUT2D eigenvalue weighted by Crippen LogP contribution is 2.19. The van der Waals surface area contributed by atoms with E-state index in [-0.39, 0.29) is 5.69 Å². The average Bonchev–Trinajstić information content (AvgIpc) is 2.71. The molecule has 0 saturated carbocycles. The van der Waals surface area contributed by atoms with Gasteiger partial charge in [-0.3, -0.25) is 4.68 Å². The second-order valence-corrected chi connectivity index (χ2v) is 3.12. The third-order valence-electron chi connectivity index (χ3n) is 2.01. The van der Waals surface area contributed by atoms with E-state index in [2.05, 4.69) is 15.4 Å². The van der Waals surface area contributed by atoms with Gasteiger partial charge in [-0.25, -0.2) is 9.48 Å². The standard InChI is InChI=1S/C8H9N5O2/c1-12-4-5(3-9-12)6-7(8(14)15)13(2)11-10-6/h3-4H,1-2H3,(H,14,15). The fourth-order valence-corrected chi connectivity index (χ4v) is 1.33. The monoisotopic (exact) mass is 207 g/mol. The van der Waals surface area contributed by atoms with Crippen LogP contribution in [0.15, 0.2) is 12.4 Å². The molecule has 1 N–H and O–H groups in total. The molecule has 0 unspecified atom stereocenters. The van der Waals surface area contributed by atoms with Gasteiger partial charge in [-0.2, -0.15) is 5.10 Å². The van der Waals surface area contributed by atoms with Gasteiger partial charge in [-0.1, -0.05) is 5.21 Å². The first-order chi connectivity index (χ1) is 7.09. The zero-order valence-electron chi connectivity index (χ0n) is 8.25. The van der Waals surface area contributed by atoms with Crippen molar-refractivity contribution in [2.24, 2.45) is 14.1 Å². The van der Waals surface area contributed by atoms with Gasteiger partial charge >= 0.3 is 5.97 Å². The highest BCUT2D eigenvalue weighted by atomic mass is 16.4. The molecule has 0 spiro atoms. The summed E-state index contributed by atoms with van der Waals surface area (Å²) in [6, 6.07) is 0. The molecule has 0 aromatic carbocycles. The van der Waals surface area contributed by atoms with E-state index in [1.54, 1.807) is 24.1 Å². The van der Waals surface area contributed by atoms with Crippen molar-refractivity contribution < 1.29 is 9.90 Å². The number of carbonyl (C=O) groups is 1. The lowest BCUT2D eigenvalue weighted by Crippen LogP contribution is -2.06. The summed E-state index contributed by atoms with van der Waals surface area (Å²) in [5, 5.41) is 20.4. The molecule has 0 aliphatic heterocycles. The van der Waals surface area contributed by atoms with Gasteiger partial charge in [-0.15, -0.1) is 5.10 Å². The van der Waals surface area contributed by atoms with E-state index < -0.39 is 5.97 Å². The van der Waals surface area contributed by atoms with Crippen molar-refractivity contribution in [1.82, 2.24) is 24.8 Å². The van der Waals surface area contributed by atoms with Crippen molar-refractivity contribution in [3.63, 3.8) is 0 Å². The number of aryl methyl sites for hydroxylation is 2. The minimum absolute atomic E-state index is 0.0583. The highest BCUT2D eigenvalue weighted by Gasteiger charge is 2.19. The van der Waals surface area contributed by atoms with Crippen molar-refractivity contribution in [2.45, 2.75) is 0 Å². The predicted molar refractivity (Wildman–Crippen MR) is 50.2 cm³/mol. The summed E-state index contributed by atoms with van der Waals surface area (Å²) in [6.45, 7) is 0. The molecule has 0 fully saturated rings. The Morgan fingerprint density at radius 1 is 1.47 bits per heavy atom. The van der Waals surface area contributed by atoms with Gasteiger partial charge in [0.15, 0.2) is 5.69 Å². The van der Waals surface area contributed by atoms with Crippen molar-refractivity contribution in [3.8, 4) is 11.3 Å². The lowest BCUT2D eigenvalue weighted by atomic mass is 10.2. The molecule has 7 heteroatoms. The van der Waals surface area contributed by atoms with Gasteiger partial charge < -0.3 is 5.11 Å². The summed E-state index contributed by atoms with van der Waals surface area (Å²) in [6.07, 6.45) is 3.24. The predicted octanol–water partition coefficient (Wildman–Crippen LogP) is -0.0862. The Bertz CT molecular complexity index is 513. The smallest absolute Gasteiger partial charge is 0.356 e. The molecule has 0 amide bonds. The van der Waals surface area contributed by atoms with E-state index in [1.807, 2.05) is 0 Å². The number of carboxylic acid groups (broad SMARTS) is 1. The molecule has 0 radical (unpaired) electrons. The summed E-state index contributed by atoms with van der Waals surface area (Å²) in [5.41, 5.74) is 1.03. The zero-order chi connectivity index (χ0) is 11.0. The lowest BCUT2D eigenvalue weighted by molar-refractivity contribution is 0.0686. The molecule has 2 heterocycles. The highest BCUT2D eigenvalue weighted by molar-refractivity contribution is 5.92. The molecule has 7 nitrogen and oxygen atoms in total.